The predicted octanol–water partition coefficient (Wildman–Crippen LogP) is 20.1. The summed E-state index contributed by atoms with van der Waals surface area (Å²) in [6, 6.07) is 0. The van der Waals surface area contributed by atoms with Crippen molar-refractivity contribution in [2.75, 3.05) is 13.2 Å². The smallest absolute Gasteiger partial charge is 0.306 e. The Morgan fingerprint density at radius 3 is 0.887 bits per heavy atom. The van der Waals surface area contributed by atoms with Crippen LogP contribution in [-0.2, 0) is 28.6 Å². The summed E-state index contributed by atoms with van der Waals surface area (Å²) in [5, 5.41) is 0. The van der Waals surface area contributed by atoms with Crippen LogP contribution in [0.1, 0.15) is 278 Å². The van der Waals surface area contributed by atoms with E-state index in [0.29, 0.717) is 19.3 Å². The summed E-state index contributed by atoms with van der Waals surface area (Å²) in [5.41, 5.74) is 0. The zero-order valence-corrected chi connectivity index (χ0v) is 46.5. The molecule has 406 valence electrons. The van der Waals surface area contributed by atoms with Gasteiger partial charge in [0.1, 0.15) is 13.2 Å². The van der Waals surface area contributed by atoms with Gasteiger partial charge < -0.3 is 14.2 Å². The zero-order chi connectivity index (χ0) is 51.4. The van der Waals surface area contributed by atoms with Crippen molar-refractivity contribution in [1.29, 1.82) is 0 Å². The number of carbonyl (C=O) groups excluding carboxylic acids is 3. The fourth-order valence-electron chi connectivity index (χ4n) is 8.12. The second-order valence-electron chi connectivity index (χ2n) is 19.5. The number of unbranched alkanes of at least 4 members (excludes halogenated alkanes) is 26. The van der Waals surface area contributed by atoms with Gasteiger partial charge in [0, 0.05) is 19.3 Å². The monoisotopic (exact) mass is 987 g/mol. The van der Waals surface area contributed by atoms with Crippen LogP contribution in [0, 0.1) is 0 Å². The highest BCUT2D eigenvalue weighted by atomic mass is 16.6. The summed E-state index contributed by atoms with van der Waals surface area (Å²) in [7, 11) is 0. The van der Waals surface area contributed by atoms with E-state index in [4.69, 9.17) is 14.2 Å². The number of esters is 3. The molecular formula is C65H110O6. The topological polar surface area (TPSA) is 78.9 Å². The van der Waals surface area contributed by atoms with Gasteiger partial charge in [0.2, 0.25) is 0 Å². The molecule has 0 N–H and O–H groups in total. The lowest BCUT2D eigenvalue weighted by molar-refractivity contribution is -0.167. The molecule has 0 radical (unpaired) electrons. The van der Waals surface area contributed by atoms with Gasteiger partial charge in [0.05, 0.1) is 0 Å². The van der Waals surface area contributed by atoms with Crippen LogP contribution in [0.25, 0.3) is 0 Å². The van der Waals surface area contributed by atoms with Crippen molar-refractivity contribution in [3.05, 3.63) is 97.2 Å². The molecule has 0 aromatic carbocycles. The van der Waals surface area contributed by atoms with Crippen LogP contribution in [0.2, 0.25) is 0 Å². The average molecular weight is 988 g/mol. The third-order valence-corrected chi connectivity index (χ3v) is 12.6. The Labute approximate surface area is 438 Å². The lowest BCUT2D eigenvalue weighted by atomic mass is 10.0. The second kappa shape index (κ2) is 58.9. The average Bonchev–Trinajstić information content (AvgIpc) is 3.37. The summed E-state index contributed by atoms with van der Waals surface area (Å²) in [5.74, 6) is -0.934. The van der Waals surface area contributed by atoms with E-state index in [1.807, 2.05) is 0 Å². The first-order chi connectivity index (χ1) is 35.0. The Kier molecular flexibility index (Phi) is 55.9. The van der Waals surface area contributed by atoms with Gasteiger partial charge in [-0.3, -0.25) is 14.4 Å². The lowest BCUT2D eigenvalue weighted by Crippen LogP contribution is -2.30. The quantitative estimate of drug-likeness (QED) is 0.0261. The van der Waals surface area contributed by atoms with Crippen LogP contribution < -0.4 is 0 Å². The van der Waals surface area contributed by atoms with E-state index in [1.165, 1.54) is 122 Å². The molecule has 0 saturated carbocycles. The number of hydrogen-bond acceptors (Lipinski definition) is 6. The van der Waals surface area contributed by atoms with Crippen molar-refractivity contribution < 1.29 is 28.6 Å². The number of allylic oxidation sites excluding steroid dienone is 16. The van der Waals surface area contributed by atoms with Crippen LogP contribution in [0.4, 0.5) is 0 Å². The van der Waals surface area contributed by atoms with E-state index in [-0.39, 0.29) is 31.1 Å². The van der Waals surface area contributed by atoms with E-state index >= 15 is 0 Å². The highest BCUT2D eigenvalue weighted by molar-refractivity contribution is 5.71. The van der Waals surface area contributed by atoms with Crippen molar-refractivity contribution in [3.63, 3.8) is 0 Å². The van der Waals surface area contributed by atoms with Gasteiger partial charge in [0.25, 0.3) is 0 Å². The van der Waals surface area contributed by atoms with E-state index in [0.717, 1.165) is 116 Å². The van der Waals surface area contributed by atoms with Gasteiger partial charge >= 0.3 is 17.9 Å². The van der Waals surface area contributed by atoms with E-state index in [9.17, 15) is 14.4 Å². The summed E-state index contributed by atoms with van der Waals surface area (Å²) in [4.78, 5) is 37.8. The first kappa shape index (κ1) is 67.3. The Hall–Kier alpha value is -3.67. The molecule has 6 heteroatoms. The number of ether oxygens (including phenoxy) is 3. The minimum atomic E-state index is -0.789. The largest absolute Gasteiger partial charge is 0.462 e. The number of hydrogen-bond donors (Lipinski definition) is 0. The summed E-state index contributed by atoms with van der Waals surface area (Å²) >= 11 is 0. The van der Waals surface area contributed by atoms with E-state index < -0.39 is 6.10 Å². The maximum Gasteiger partial charge on any atom is 0.306 e. The molecule has 0 aromatic heterocycles. The van der Waals surface area contributed by atoms with Gasteiger partial charge in [-0.1, -0.05) is 253 Å². The standard InChI is InChI=1S/C65H110O6/c1-4-7-10-13-15-17-19-21-23-25-27-29-31-32-34-35-37-39-41-43-45-47-49-52-55-58-64(67)70-61-62(60-69-63(66)57-54-51-12-9-6-3)71-65(68)59-56-53-50-48-46-44-42-40-38-36-33-30-28-26-24-22-20-18-16-14-11-8-5-2/h7,10,15,17,21,23,26-29,32,34,37,39,43,45,62H,4-6,8-9,11-14,16,18-20,22,24-25,30-31,33,35-36,38,40-42,44,46-61H2,1-3H3/b10-7-,17-15-,23-21-,28-26-,29-27-,34-32-,39-37-,45-43-. The third kappa shape index (κ3) is 57.1. The SMILES string of the molecule is CC/C=C\C/C=C\C/C=C\C/C=C\C/C=C\C/C=C\C/C=C\CCCCCC(=O)OCC(COC(=O)CCCCCCC)OC(=O)CCCCCCCCCCCCC/C=C\CCCCCCCCCC. The molecule has 1 atom stereocenters. The molecular weight excluding hydrogens is 877 g/mol. The first-order valence-corrected chi connectivity index (χ1v) is 29.7. The van der Waals surface area contributed by atoms with Gasteiger partial charge in [-0.2, -0.15) is 0 Å². The van der Waals surface area contributed by atoms with Gasteiger partial charge in [-0.15, -0.1) is 0 Å². The Bertz CT molecular complexity index is 1410. The van der Waals surface area contributed by atoms with Crippen molar-refractivity contribution in [2.45, 2.75) is 284 Å². The molecule has 0 aliphatic rings. The normalized spacial score (nSPS) is 12.8. The molecule has 0 rings (SSSR count). The minimum Gasteiger partial charge on any atom is -0.462 e. The Balaban J connectivity index is 4.17. The van der Waals surface area contributed by atoms with Gasteiger partial charge in [0.15, 0.2) is 6.10 Å². The van der Waals surface area contributed by atoms with Crippen molar-refractivity contribution >= 4 is 17.9 Å². The Morgan fingerprint density at radius 2 is 0.549 bits per heavy atom. The first-order valence-electron chi connectivity index (χ1n) is 29.7. The van der Waals surface area contributed by atoms with Crippen LogP contribution in [0.3, 0.4) is 0 Å². The molecule has 0 aromatic rings. The highest BCUT2D eigenvalue weighted by Gasteiger charge is 2.19. The van der Waals surface area contributed by atoms with Crippen molar-refractivity contribution in [2.24, 2.45) is 0 Å². The van der Waals surface area contributed by atoms with Crippen LogP contribution in [-0.4, -0.2) is 37.2 Å². The molecule has 0 aliphatic heterocycles. The molecule has 0 amide bonds. The minimum absolute atomic E-state index is 0.0891. The van der Waals surface area contributed by atoms with E-state index in [1.54, 1.807) is 0 Å². The molecule has 6 nitrogen and oxygen atoms in total. The fourth-order valence-corrected chi connectivity index (χ4v) is 8.12. The third-order valence-electron chi connectivity index (χ3n) is 12.6. The van der Waals surface area contributed by atoms with Crippen molar-refractivity contribution in [1.82, 2.24) is 0 Å². The zero-order valence-electron chi connectivity index (χ0n) is 46.5. The second-order valence-corrected chi connectivity index (χ2v) is 19.5. The Morgan fingerprint density at radius 1 is 0.296 bits per heavy atom. The van der Waals surface area contributed by atoms with E-state index in [2.05, 4.69) is 118 Å². The summed E-state index contributed by atoms with van der Waals surface area (Å²) in [6.07, 6.45) is 78.8. The van der Waals surface area contributed by atoms with Crippen LogP contribution in [0.15, 0.2) is 97.2 Å². The molecule has 0 aliphatic carbocycles. The molecule has 0 fully saturated rings. The molecule has 0 saturated heterocycles. The van der Waals surface area contributed by atoms with Gasteiger partial charge in [-0.25, -0.2) is 0 Å². The number of rotatable bonds is 53. The highest BCUT2D eigenvalue weighted by Crippen LogP contribution is 2.15. The summed E-state index contributed by atoms with van der Waals surface area (Å²) in [6.45, 7) is 6.42. The molecule has 0 bridgehead atoms. The van der Waals surface area contributed by atoms with Crippen LogP contribution in [0.5, 0.6) is 0 Å². The molecule has 0 heterocycles. The summed E-state index contributed by atoms with van der Waals surface area (Å²) < 4.78 is 16.7. The maximum absolute atomic E-state index is 12.8. The molecule has 71 heavy (non-hydrogen) atoms. The van der Waals surface area contributed by atoms with Crippen molar-refractivity contribution in [3.8, 4) is 0 Å². The molecule has 0 spiro atoms. The predicted molar refractivity (Wildman–Crippen MR) is 307 cm³/mol. The van der Waals surface area contributed by atoms with Gasteiger partial charge in [-0.05, 0) is 103 Å². The maximum atomic E-state index is 12.8. The van der Waals surface area contributed by atoms with Crippen LogP contribution >= 0.6 is 0 Å². The fraction of sp³-hybridized carbons (Fsp3) is 0.708. The number of carbonyl (C=O) groups is 3. The molecule has 1 unspecified atom stereocenters. The lowest BCUT2D eigenvalue weighted by Gasteiger charge is -2.18.